The van der Waals surface area contributed by atoms with Gasteiger partial charge < -0.3 is 14.6 Å². The predicted octanol–water partition coefficient (Wildman–Crippen LogP) is 5.60. The molecular weight excluding hydrogens is 476 g/mol. The molecule has 0 atom stereocenters. The van der Waals surface area contributed by atoms with Crippen molar-refractivity contribution in [2.45, 2.75) is 13.5 Å². The molecule has 8 heteroatoms. The van der Waals surface area contributed by atoms with Crippen molar-refractivity contribution in [1.82, 2.24) is 4.90 Å². The van der Waals surface area contributed by atoms with Crippen LogP contribution < -0.4 is 4.74 Å². The van der Waals surface area contributed by atoms with Crippen molar-refractivity contribution in [2.24, 2.45) is 4.99 Å². The van der Waals surface area contributed by atoms with E-state index in [-0.39, 0.29) is 11.5 Å². The average Bonchev–Trinajstić information content (AvgIpc) is 3.18. The minimum absolute atomic E-state index is 0.0977. The number of aromatic carboxylic acids is 1. The molecule has 0 bridgehead atoms. The minimum atomic E-state index is -0.957. The average molecular weight is 503 g/mol. The van der Waals surface area contributed by atoms with Gasteiger partial charge in [-0.05, 0) is 72.3 Å². The summed E-state index contributed by atoms with van der Waals surface area (Å²) in [7, 11) is 0. The number of amides is 1. The summed E-state index contributed by atoms with van der Waals surface area (Å²) in [4.78, 5) is 31.0. The zero-order chi connectivity index (χ0) is 25.3. The highest BCUT2D eigenvalue weighted by molar-refractivity contribution is 8.18. The van der Waals surface area contributed by atoms with Gasteiger partial charge in [-0.25, -0.2) is 9.79 Å². The molecule has 1 amide bonds. The Labute approximate surface area is 214 Å². The van der Waals surface area contributed by atoms with Gasteiger partial charge in [-0.2, -0.15) is 0 Å². The molecular formula is C28H26N2O5S. The normalized spacial score (nSPS) is 15.6. The van der Waals surface area contributed by atoms with E-state index in [1.165, 1.54) is 11.8 Å². The van der Waals surface area contributed by atoms with E-state index in [2.05, 4.69) is 4.99 Å². The van der Waals surface area contributed by atoms with Gasteiger partial charge >= 0.3 is 5.97 Å². The van der Waals surface area contributed by atoms with Crippen molar-refractivity contribution >= 4 is 40.6 Å². The molecule has 1 aliphatic rings. The maximum absolute atomic E-state index is 13.1. The zero-order valence-electron chi connectivity index (χ0n) is 19.8. The van der Waals surface area contributed by atoms with Crippen LogP contribution in [0.2, 0.25) is 0 Å². The Morgan fingerprint density at radius 2 is 1.75 bits per heavy atom. The maximum Gasteiger partial charge on any atom is 0.335 e. The third kappa shape index (κ3) is 6.62. The molecule has 0 radical (unpaired) electrons. The topological polar surface area (TPSA) is 88.4 Å². The van der Waals surface area contributed by atoms with Crippen molar-refractivity contribution in [3.63, 3.8) is 0 Å². The van der Waals surface area contributed by atoms with Crippen LogP contribution in [0.15, 0.2) is 88.8 Å². The molecule has 1 aliphatic heterocycles. The Morgan fingerprint density at radius 3 is 2.42 bits per heavy atom. The molecule has 36 heavy (non-hydrogen) atoms. The number of carboxylic acids is 1. The van der Waals surface area contributed by atoms with Gasteiger partial charge in [-0.15, -0.1) is 0 Å². The van der Waals surface area contributed by atoms with Crippen LogP contribution in [-0.4, -0.2) is 46.8 Å². The number of para-hydroxylation sites is 1. The number of carbonyl (C=O) groups excluding carboxylic acids is 1. The lowest BCUT2D eigenvalue weighted by atomic mass is 10.1. The molecule has 1 fully saturated rings. The summed E-state index contributed by atoms with van der Waals surface area (Å²) in [5.41, 5.74) is 2.77. The molecule has 0 unspecified atom stereocenters. The number of thioether (sulfide) groups is 1. The molecule has 7 nitrogen and oxygen atoms in total. The quantitative estimate of drug-likeness (QED) is 0.287. The largest absolute Gasteiger partial charge is 0.489 e. The second-order valence-corrected chi connectivity index (χ2v) is 8.86. The standard InChI is InChI=1S/C28H26N2O5S/c1-2-34-17-16-30-26(31)25(36-28(30)29-23-6-4-3-5-7-23)18-20-10-14-24(15-11-20)35-19-21-8-12-22(13-9-21)27(32)33/h3-15,18H,2,16-17,19H2,1H3,(H,32,33)/b25-18-,29-28?. The second kappa shape index (κ2) is 12.2. The van der Waals surface area contributed by atoms with Gasteiger partial charge in [0.15, 0.2) is 5.17 Å². The summed E-state index contributed by atoms with van der Waals surface area (Å²) in [6, 6.07) is 23.6. The van der Waals surface area contributed by atoms with Gasteiger partial charge in [0.25, 0.3) is 5.91 Å². The van der Waals surface area contributed by atoms with E-state index in [0.717, 1.165) is 16.8 Å². The SMILES string of the molecule is CCOCCN1C(=O)/C(=C/c2ccc(OCc3ccc(C(=O)O)cc3)cc2)SC1=Nc1ccccc1. The number of rotatable bonds is 10. The molecule has 0 aromatic heterocycles. The molecule has 1 saturated heterocycles. The molecule has 1 heterocycles. The number of ether oxygens (including phenoxy) is 2. The van der Waals surface area contributed by atoms with Crippen LogP contribution in [0.5, 0.6) is 5.75 Å². The number of carboxylic acid groups (broad SMARTS) is 1. The lowest BCUT2D eigenvalue weighted by molar-refractivity contribution is -0.122. The number of benzene rings is 3. The van der Waals surface area contributed by atoms with E-state index in [1.54, 1.807) is 29.2 Å². The van der Waals surface area contributed by atoms with Crippen LogP contribution in [0.4, 0.5) is 5.69 Å². The van der Waals surface area contributed by atoms with Crippen molar-refractivity contribution in [3.8, 4) is 5.75 Å². The van der Waals surface area contributed by atoms with Gasteiger partial charge in [-0.1, -0.05) is 42.5 Å². The fourth-order valence-corrected chi connectivity index (χ4v) is 4.45. The van der Waals surface area contributed by atoms with Crippen LogP contribution in [-0.2, 0) is 16.1 Å². The summed E-state index contributed by atoms with van der Waals surface area (Å²) in [6.07, 6.45) is 1.85. The van der Waals surface area contributed by atoms with Crippen molar-refractivity contribution in [1.29, 1.82) is 0 Å². The number of nitrogens with zero attached hydrogens (tertiary/aromatic N) is 2. The van der Waals surface area contributed by atoms with Gasteiger partial charge in [0.05, 0.1) is 29.3 Å². The number of aliphatic imine (C=N–C) groups is 1. The van der Waals surface area contributed by atoms with Crippen molar-refractivity contribution in [2.75, 3.05) is 19.8 Å². The van der Waals surface area contributed by atoms with E-state index in [4.69, 9.17) is 14.6 Å². The Kier molecular flexibility index (Phi) is 8.54. The summed E-state index contributed by atoms with van der Waals surface area (Å²) < 4.78 is 11.3. The highest BCUT2D eigenvalue weighted by Crippen LogP contribution is 2.34. The van der Waals surface area contributed by atoms with E-state index in [9.17, 15) is 9.59 Å². The Balaban J connectivity index is 1.44. The third-order valence-corrected chi connectivity index (χ3v) is 6.32. The van der Waals surface area contributed by atoms with Crippen LogP contribution in [0.3, 0.4) is 0 Å². The van der Waals surface area contributed by atoms with Crippen LogP contribution in [0.25, 0.3) is 6.08 Å². The first-order chi connectivity index (χ1) is 17.5. The molecule has 0 spiro atoms. The minimum Gasteiger partial charge on any atom is -0.489 e. The number of hydrogen-bond donors (Lipinski definition) is 1. The summed E-state index contributed by atoms with van der Waals surface area (Å²) in [6.45, 7) is 3.71. The third-order valence-electron chi connectivity index (χ3n) is 5.32. The highest BCUT2D eigenvalue weighted by Gasteiger charge is 2.33. The highest BCUT2D eigenvalue weighted by atomic mass is 32.2. The first kappa shape index (κ1) is 25.2. The number of hydrogen-bond acceptors (Lipinski definition) is 6. The van der Waals surface area contributed by atoms with Gasteiger partial charge in [-0.3, -0.25) is 9.69 Å². The van der Waals surface area contributed by atoms with Gasteiger partial charge in [0.1, 0.15) is 12.4 Å². The van der Waals surface area contributed by atoms with Crippen LogP contribution in [0, 0.1) is 0 Å². The summed E-state index contributed by atoms with van der Waals surface area (Å²) in [5.74, 6) is -0.379. The van der Waals surface area contributed by atoms with Gasteiger partial charge in [0.2, 0.25) is 0 Å². The zero-order valence-corrected chi connectivity index (χ0v) is 20.6. The first-order valence-electron chi connectivity index (χ1n) is 11.5. The molecule has 0 saturated carbocycles. The molecule has 3 aromatic rings. The van der Waals surface area contributed by atoms with E-state index < -0.39 is 5.97 Å². The van der Waals surface area contributed by atoms with Crippen molar-refractivity contribution in [3.05, 3.63) is 100 Å². The fourth-order valence-electron chi connectivity index (χ4n) is 3.42. The van der Waals surface area contributed by atoms with E-state index in [1.807, 2.05) is 67.6 Å². The summed E-state index contributed by atoms with van der Waals surface area (Å²) >= 11 is 1.35. The summed E-state index contributed by atoms with van der Waals surface area (Å²) in [5, 5.41) is 9.63. The van der Waals surface area contributed by atoms with Crippen LogP contribution >= 0.6 is 11.8 Å². The fraction of sp³-hybridized carbons (Fsp3) is 0.179. The smallest absolute Gasteiger partial charge is 0.335 e. The molecule has 0 aliphatic carbocycles. The molecule has 4 rings (SSSR count). The Hall–Kier alpha value is -3.88. The maximum atomic E-state index is 13.1. The second-order valence-electron chi connectivity index (χ2n) is 7.85. The van der Waals surface area contributed by atoms with E-state index in [0.29, 0.717) is 42.2 Å². The Morgan fingerprint density at radius 1 is 1.03 bits per heavy atom. The van der Waals surface area contributed by atoms with E-state index >= 15 is 0 Å². The number of carbonyl (C=O) groups is 2. The lowest BCUT2D eigenvalue weighted by Crippen LogP contribution is -2.32. The van der Waals surface area contributed by atoms with Gasteiger partial charge in [0, 0.05) is 6.61 Å². The molecule has 184 valence electrons. The van der Waals surface area contributed by atoms with Crippen molar-refractivity contribution < 1.29 is 24.2 Å². The predicted molar refractivity (Wildman–Crippen MR) is 141 cm³/mol. The lowest BCUT2D eigenvalue weighted by Gasteiger charge is -2.15. The first-order valence-corrected chi connectivity index (χ1v) is 12.3. The van der Waals surface area contributed by atoms with Crippen LogP contribution in [0.1, 0.15) is 28.4 Å². The number of amidine groups is 1. The monoisotopic (exact) mass is 502 g/mol. The molecule has 3 aromatic carbocycles. The Bertz CT molecular complexity index is 1260. The molecule has 1 N–H and O–H groups in total.